The summed E-state index contributed by atoms with van der Waals surface area (Å²) in [7, 11) is -3.10. The molecule has 0 aromatic carbocycles. The minimum atomic E-state index is -1.61. The van der Waals surface area contributed by atoms with E-state index in [1.807, 2.05) is 0 Å². The molecule has 0 spiro atoms. The molecule has 0 aliphatic heterocycles. The van der Waals surface area contributed by atoms with E-state index in [0.29, 0.717) is 6.61 Å². The van der Waals surface area contributed by atoms with Gasteiger partial charge < -0.3 is 8.85 Å². The van der Waals surface area contributed by atoms with Crippen LogP contribution < -0.4 is 0 Å². The zero-order valence-corrected chi connectivity index (χ0v) is 14.5. The van der Waals surface area contributed by atoms with Gasteiger partial charge in [0, 0.05) is 6.08 Å². The highest BCUT2D eigenvalue weighted by Gasteiger charge is 2.31. The third kappa shape index (κ3) is 8.66. The second-order valence-electron chi connectivity index (χ2n) is 5.85. The SMILES string of the molecule is C=CC(=O)OCCC[Si](C)(C)O[Si](C)(C)CCC. The Kier molecular flexibility index (Phi) is 7.74. The van der Waals surface area contributed by atoms with Crippen LogP contribution in [0.3, 0.4) is 0 Å². The van der Waals surface area contributed by atoms with Crippen LogP contribution in [0.2, 0.25) is 38.3 Å². The summed E-state index contributed by atoms with van der Waals surface area (Å²) in [6.07, 6.45) is 3.28. The van der Waals surface area contributed by atoms with Gasteiger partial charge in [0.05, 0.1) is 6.61 Å². The van der Waals surface area contributed by atoms with E-state index >= 15 is 0 Å². The number of hydrogen-bond acceptors (Lipinski definition) is 3. The molecule has 0 N–H and O–H groups in total. The van der Waals surface area contributed by atoms with Crippen molar-refractivity contribution in [2.75, 3.05) is 6.61 Å². The number of hydrogen-bond donors (Lipinski definition) is 0. The van der Waals surface area contributed by atoms with Crippen LogP contribution in [-0.2, 0) is 13.6 Å². The molecule has 0 heterocycles. The zero-order chi connectivity index (χ0) is 14.2. The number of rotatable bonds is 9. The highest BCUT2D eigenvalue weighted by molar-refractivity contribution is 6.84. The van der Waals surface area contributed by atoms with Gasteiger partial charge in [-0.3, -0.25) is 0 Å². The molecule has 0 atom stereocenters. The van der Waals surface area contributed by atoms with E-state index in [4.69, 9.17) is 8.85 Å². The maximum atomic E-state index is 10.9. The molecule has 3 nitrogen and oxygen atoms in total. The normalized spacial score (nSPS) is 12.3. The minimum absolute atomic E-state index is 0.337. The largest absolute Gasteiger partial charge is 0.463 e. The molecule has 5 heteroatoms. The lowest BCUT2D eigenvalue weighted by atomic mass is 10.5. The quantitative estimate of drug-likeness (QED) is 0.279. The highest BCUT2D eigenvalue weighted by atomic mass is 28.4. The molecule has 0 aromatic heterocycles. The maximum Gasteiger partial charge on any atom is 0.330 e. The minimum Gasteiger partial charge on any atom is -0.463 e. The van der Waals surface area contributed by atoms with Crippen molar-refractivity contribution in [1.82, 2.24) is 0 Å². The van der Waals surface area contributed by atoms with Crippen LogP contribution in [0, 0.1) is 0 Å². The molecule has 0 saturated heterocycles. The number of carbonyl (C=O) groups excluding carboxylic acids is 1. The Morgan fingerprint density at radius 2 is 1.72 bits per heavy atom. The monoisotopic (exact) mass is 288 g/mol. The van der Waals surface area contributed by atoms with Crippen molar-refractivity contribution >= 4 is 22.6 Å². The fourth-order valence-corrected chi connectivity index (χ4v) is 11.2. The Bertz CT molecular complexity index is 275. The molecule has 0 radical (unpaired) electrons. The summed E-state index contributed by atoms with van der Waals surface area (Å²) in [6, 6.07) is 2.26. The van der Waals surface area contributed by atoms with Gasteiger partial charge >= 0.3 is 5.97 Å². The predicted octanol–water partition coefficient (Wildman–Crippen LogP) is 3.94. The third-order valence-electron chi connectivity index (χ3n) is 2.74. The molecule has 0 unspecified atom stereocenters. The van der Waals surface area contributed by atoms with E-state index in [1.54, 1.807) is 0 Å². The predicted molar refractivity (Wildman–Crippen MR) is 81.7 cm³/mol. The summed E-state index contributed by atoms with van der Waals surface area (Å²) in [5, 5.41) is 0. The lowest BCUT2D eigenvalue weighted by Gasteiger charge is -2.34. The van der Waals surface area contributed by atoms with E-state index in [-0.39, 0.29) is 5.97 Å². The van der Waals surface area contributed by atoms with Crippen LogP contribution in [0.15, 0.2) is 12.7 Å². The first-order valence-corrected chi connectivity index (χ1v) is 12.9. The van der Waals surface area contributed by atoms with Crippen molar-refractivity contribution < 1.29 is 13.6 Å². The Balaban J connectivity index is 4.00. The number of carbonyl (C=O) groups is 1. The van der Waals surface area contributed by atoms with Crippen LogP contribution in [0.4, 0.5) is 0 Å². The molecule has 0 fully saturated rings. The average molecular weight is 289 g/mol. The second kappa shape index (κ2) is 7.91. The van der Waals surface area contributed by atoms with E-state index in [1.165, 1.54) is 18.5 Å². The van der Waals surface area contributed by atoms with Crippen molar-refractivity contribution in [3.05, 3.63) is 12.7 Å². The van der Waals surface area contributed by atoms with Crippen LogP contribution in [0.25, 0.3) is 0 Å². The fourth-order valence-electron chi connectivity index (χ4n) is 2.18. The molecular formula is C13H28O3Si2. The van der Waals surface area contributed by atoms with Crippen molar-refractivity contribution in [2.45, 2.75) is 58.0 Å². The van der Waals surface area contributed by atoms with Gasteiger partial charge in [0.2, 0.25) is 0 Å². The van der Waals surface area contributed by atoms with Crippen LogP contribution in [0.5, 0.6) is 0 Å². The maximum absolute atomic E-state index is 10.9. The van der Waals surface area contributed by atoms with E-state index < -0.39 is 16.6 Å². The molecule has 0 bridgehead atoms. The van der Waals surface area contributed by atoms with Gasteiger partial charge in [-0.15, -0.1) is 0 Å². The van der Waals surface area contributed by atoms with Gasteiger partial charge in [-0.05, 0) is 44.7 Å². The molecule has 0 saturated carbocycles. The third-order valence-corrected chi connectivity index (χ3v) is 10.4. The standard InChI is InChI=1S/C13H28O3Si2/c1-7-11-17(3,4)16-18(5,6)12-9-10-15-13(14)8-2/h8H,2,7,9-12H2,1,3-6H3. The number of esters is 1. The molecule has 106 valence electrons. The summed E-state index contributed by atoms with van der Waals surface area (Å²) >= 11 is 0. The topological polar surface area (TPSA) is 35.5 Å². The zero-order valence-electron chi connectivity index (χ0n) is 12.5. The van der Waals surface area contributed by atoms with Crippen LogP contribution in [-0.4, -0.2) is 29.2 Å². The van der Waals surface area contributed by atoms with E-state index in [9.17, 15) is 4.79 Å². The van der Waals surface area contributed by atoms with Gasteiger partial charge in [0.25, 0.3) is 0 Å². The van der Waals surface area contributed by atoms with Crippen molar-refractivity contribution in [3.8, 4) is 0 Å². The summed E-state index contributed by atoms with van der Waals surface area (Å²) in [4.78, 5) is 10.9. The van der Waals surface area contributed by atoms with Gasteiger partial charge in [-0.1, -0.05) is 19.9 Å². The summed E-state index contributed by atoms with van der Waals surface area (Å²) in [5.74, 6) is -0.337. The summed E-state index contributed by atoms with van der Waals surface area (Å²) in [6.45, 7) is 15.2. The fraction of sp³-hybridized carbons (Fsp3) is 0.769. The molecule has 0 aromatic rings. The summed E-state index contributed by atoms with van der Waals surface area (Å²) < 4.78 is 11.4. The molecule has 18 heavy (non-hydrogen) atoms. The first kappa shape index (κ1) is 17.6. The van der Waals surface area contributed by atoms with Crippen molar-refractivity contribution in [2.24, 2.45) is 0 Å². The van der Waals surface area contributed by atoms with Gasteiger partial charge in [0.1, 0.15) is 0 Å². The lowest BCUT2D eigenvalue weighted by Crippen LogP contribution is -2.44. The molecular weight excluding hydrogens is 260 g/mol. The van der Waals surface area contributed by atoms with Gasteiger partial charge in [0.15, 0.2) is 16.6 Å². The summed E-state index contributed by atoms with van der Waals surface area (Å²) in [5.41, 5.74) is 0. The smallest absolute Gasteiger partial charge is 0.330 e. The average Bonchev–Trinajstić information content (AvgIpc) is 2.22. The van der Waals surface area contributed by atoms with E-state index in [0.717, 1.165) is 12.5 Å². The van der Waals surface area contributed by atoms with Crippen LogP contribution >= 0.6 is 0 Å². The van der Waals surface area contributed by atoms with Crippen molar-refractivity contribution in [1.29, 1.82) is 0 Å². The van der Waals surface area contributed by atoms with Crippen LogP contribution in [0.1, 0.15) is 19.8 Å². The molecule has 0 aliphatic carbocycles. The highest BCUT2D eigenvalue weighted by Crippen LogP contribution is 2.23. The molecule has 0 aliphatic rings. The Morgan fingerprint density at radius 3 is 2.22 bits per heavy atom. The first-order valence-electron chi connectivity index (χ1n) is 6.72. The molecule has 0 rings (SSSR count). The van der Waals surface area contributed by atoms with Crippen molar-refractivity contribution in [3.63, 3.8) is 0 Å². The Morgan fingerprint density at radius 1 is 1.17 bits per heavy atom. The van der Waals surface area contributed by atoms with E-state index in [2.05, 4.69) is 39.7 Å². The number of ether oxygens (including phenoxy) is 1. The lowest BCUT2D eigenvalue weighted by molar-refractivity contribution is -0.137. The second-order valence-corrected chi connectivity index (χ2v) is 14.7. The van der Waals surface area contributed by atoms with Gasteiger partial charge in [-0.2, -0.15) is 0 Å². The van der Waals surface area contributed by atoms with Gasteiger partial charge in [-0.25, -0.2) is 4.79 Å². The first-order chi connectivity index (χ1) is 8.22. The Hall–Kier alpha value is -0.396. The Labute approximate surface area is 114 Å². The molecule has 0 amide bonds.